The Kier molecular flexibility index (Phi) is 3.46. The highest BCUT2D eigenvalue weighted by Gasteiger charge is 2.22. The maximum absolute atomic E-state index is 5.61. The monoisotopic (exact) mass is 259 g/mol. The summed E-state index contributed by atoms with van der Waals surface area (Å²) in [5.41, 5.74) is 1.21. The van der Waals surface area contributed by atoms with E-state index < -0.39 is 0 Å². The lowest BCUT2D eigenvalue weighted by molar-refractivity contribution is 0.242. The first-order chi connectivity index (χ1) is 9.31. The molecule has 0 spiro atoms. The van der Waals surface area contributed by atoms with Crippen molar-refractivity contribution in [3.63, 3.8) is 0 Å². The summed E-state index contributed by atoms with van der Waals surface area (Å²) in [4.78, 5) is 4.38. The normalized spacial score (nSPS) is 18.7. The Balaban J connectivity index is 1.59. The van der Waals surface area contributed by atoms with Gasteiger partial charge in [-0.05, 0) is 32.0 Å². The van der Waals surface area contributed by atoms with Crippen LogP contribution in [0.2, 0.25) is 0 Å². The molecular formula is C14H17N3O2. The number of aryl methyl sites for hydroxylation is 1. The number of benzene rings is 1. The van der Waals surface area contributed by atoms with Gasteiger partial charge in [-0.1, -0.05) is 22.9 Å². The van der Waals surface area contributed by atoms with Crippen LogP contribution in [0.15, 0.2) is 28.8 Å². The first kappa shape index (κ1) is 12.2. The van der Waals surface area contributed by atoms with Crippen molar-refractivity contribution in [1.29, 1.82) is 0 Å². The number of hydrogen-bond acceptors (Lipinski definition) is 5. The number of rotatable bonds is 4. The maximum atomic E-state index is 5.61. The second-order valence-corrected chi connectivity index (χ2v) is 4.84. The second-order valence-electron chi connectivity index (χ2n) is 4.84. The molecule has 5 nitrogen and oxygen atoms in total. The van der Waals surface area contributed by atoms with Gasteiger partial charge >= 0.3 is 0 Å². The van der Waals surface area contributed by atoms with Crippen molar-refractivity contribution in [2.45, 2.75) is 25.9 Å². The molecule has 100 valence electrons. The molecule has 2 heterocycles. The van der Waals surface area contributed by atoms with Crippen LogP contribution in [0.4, 0.5) is 0 Å². The molecule has 1 saturated heterocycles. The van der Waals surface area contributed by atoms with Crippen LogP contribution < -0.4 is 10.1 Å². The molecule has 1 aromatic carbocycles. The molecule has 0 amide bonds. The first-order valence-corrected chi connectivity index (χ1v) is 6.54. The molecule has 1 atom stereocenters. The quantitative estimate of drug-likeness (QED) is 0.910. The molecule has 0 aliphatic carbocycles. The van der Waals surface area contributed by atoms with Crippen LogP contribution in [0, 0.1) is 6.92 Å². The van der Waals surface area contributed by atoms with Gasteiger partial charge in [0.25, 0.3) is 5.89 Å². The molecule has 0 saturated carbocycles. The van der Waals surface area contributed by atoms with Crippen LogP contribution in [0.1, 0.15) is 29.6 Å². The highest BCUT2D eigenvalue weighted by Crippen LogP contribution is 2.19. The fourth-order valence-corrected chi connectivity index (χ4v) is 2.15. The summed E-state index contributed by atoms with van der Waals surface area (Å²) in [7, 11) is 0. The zero-order valence-electron chi connectivity index (χ0n) is 10.9. The number of hydrogen-bond donors (Lipinski definition) is 1. The molecular weight excluding hydrogens is 242 g/mol. The van der Waals surface area contributed by atoms with E-state index in [4.69, 9.17) is 9.26 Å². The first-order valence-electron chi connectivity index (χ1n) is 6.54. The molecule has 1 fully saturated rings. The fraction of sp³-hybridized carbons (Fsp3) is 0.429. The molecule has 3 rings (SSSR count). The van der Waals surface area contributed by atoms with Crippen LogP contribution in [0.5, 0.6) is 5.75 Å². The van der Waals surface area contributed by atoms with Gasteiger partial charge in [-0.3, -0.25) is 0 Å². The van der Waals surface area contributed by atoms with Gasteiger partial charge in [-0.25, -0.2) is 0 Å². The zero-order valence-corrected chi connectivity index (χ0v) is 10.9. The molecule has 0 unspecified atom stereocenters. The molecule has 19 heavy (non-hydrogen) atoms. The highest BCUT2D eigenvalue weighted by molar-refractivity contribution is 5.26. The average molecular weight is 259 g/mol. The third-order valence-corrected chi connectivity index (χ3v) is 3.29. The van der Waals surface area contributed by atoms with E-state index in [1.807, 2.05) is 31.2 Å². The van der Waals surface area contributed by atoms with Crippen molar-refractivity contribution in [2.75, 3.05) is 13.1 Å². The van der Waals surface area contributed by atoms with Gasteiger partial charge in [0.15, 0.2) is 12.4 Å². The fourth-order valence-electron chi connectivity index (χ4n) is 2.15. The second kappa shape index (κ2) is 5.40. The van der Waals surface area contributed by atoms with Gasteiger partial charge in [-0.2, -0.15) is 4.98 Å². The van der Waals surface area contributed by atoms with Crippen LogP contribution >= 0.6 is 0 Å². The van der Waals surface area contributed by atoms with E-state index in [-0.39, 0.29) is 0 Å². The minimum absolute atomic E-state index is 0.316. The topological polar surface area (TPSA) is 60.2 Å². The van der Waals surface area contributed by atoms with Crippen LogP contribution in [0.3, 0.4) is 0 Å². The Morgan fingerprint density at radius 2 is 2.21 bits per heavy atom. The Morgan fingerprint density at radius 1 is 1.37 bits per heavy atom. The Morgan fingerprint density at radius 3 is 2.95 bits per heavy atom. The number of aromatic nitrogens is 2. The van der Waals surface area contributed by atoms with E-state index in [0.717, 1.165) is 31.1 Å². The highest BCUT2D eigenvalue weighted by atomic mass is 16.5. The standard InChI is InChI=1S/C14H17N3O2/c1-10-2-4-12(5-3-10)18-9-13-16-14(17-19-13)11-6-7-15-8-11/h2-5,11,15H,6-9H2,1H3/t11-/m0/s1. The molecule has 0 radical (unpaired) electrons. The van der Waals surface area contributed by atoms with E-state index in [9.17, 15) is 0 Å². The van der Waals surface area contributed by atoms with Gasteiger partial charge in [-0.15, -0.1) is 0 Å². The summed E-state index contributed by atoms with van der Waals surface area (Å²) in [5.74, 6) is 2.50. The van der Waals surface area contributed by atoms with Gasteiger partial charge in [0.1, 0.15) is 5.75 Å². The van der Waals surface area contributed by atoms with E-state index in [1.54, 1.807) is 0 Å². The predicted molar refractivity (Wildman–Crippen MR) is 70.0 cm³/mol. The largest absolute Gasteiger partial charge is 0.484 e. The molecule has 0 bridgehead atoms. The summed E-state index contributed by atoms with van der Waals surface area (Å²) >= 11 is 0. The summed E-state index contributed by atoms with van der Waals surface area (Å²) in [6, 6.07) is 7.90. The summed E-state index contributed by atoms with van der Waals surface area (Å²) in [6.07, 6.45) is 1.07. The zero-order chi connectivity index (χ0) is 13.1. The molecule has 1 N–H and O–H groups in total. The van der Waals surface area contributed by atoms with Gasteiger partial charge in [0.2, 0.25) is 0 Å². The summed E-state index contributed by atoms with van der Waals surface area (Å²) in [6.45, 7) is 4.31. The number of ether oxygens (including phenoxy) is 1. The van der Waals surface area contributed by atoms with Crippen molar-refractivity contribution in [2.24, 2.45) is 0 Å². The average Bonchev–Trinajstić information content (AvgIpc) is 3.09. The maximum Gasteiger partial charge on any atom is 0.264 e. The molecule has 1 aliphatic heterocycles. The van der Waals surface area contributed by atoms with Crippen molar-refractivity contribution in [1.82, 2.24) is 15.5 Å². The van der Waals surface area contributed by atoms with E-state index in [0.29, 0.717) is 18.4 Å². The third-order valence-electron chi connectivity index (χ3n) is 3.29. The number of nitrogens with one attached hydrogen (secondary N) is 1. The van der Waals surface area contributed by atoms with Gasteiger partial charge < -0.3 is 14.6 Å². The Labute approximate surface area is 112 Å². The van der Waals surface area contributed by atoms with Crippen LogP contribution in [0.25, 0.3) is 0 Å². The minimum atomic E-state index is 0.316. The van der Waals surface area contributed by atoms with Gasteiger partial charge in [0.05, 0.1) is 0 Å². The third kappa shape index (κ3) is 2.93. The van der Waals surface area contributed by atoms with Crippen molar-refractivity contribution in [3.8, 4) is 5.75 Å². The van der Waals surface area contributed by atoms with Crippen LogP contribution in [-0.2, 0) is 6.61 Å². The predicted octanol–water partition coefficient (Wildman–Crippen LogP) is 2.03. The lowest BCUT2D eigenvalue weighted by Crippen LogP contribution is -2.08. The summed E-state index contributed by atoms with van der Waals surface area (Å²) < 4.78 is 10.8. The lowest BCUT2D eigenvalue weighted by atomic mass is 10.1. The lowest BCUT2D eigenvalue weighted by Gasteiger charge is -2.02. The molecule has 2 aromatic rings. The SMILES string of the molecule is Cc1ccc(OCc2nc([C@H]3CCNC3)no2)cc1. The number of nitrogens with zero attached hydrogens (tertiary/aromatic N) is 2. The van der Waals surface area contributed by atoms with Crippen LogP contribution in [-0.4, -0.2) is 23.2 Å². The van der Waals surface area contributed by atoms with E-state index >= 15 is 0 Å². The molecule has 5 heteroatoms. The smallest absolute Gasteiger partial charge is 0.264 e. The van der Waals surface area contributed by atoms with E-state index in [1.165, 1.54) is 5.56 Å². The molecule has 1 aromatic heterocycles. The van der Waals surface area contributed by atoms with Crippen molar-refractivity contribution < 1.29 is 9.26 Å². The van der Waals surface area contributed by atoms with Crippen molar-refractivity contribution >= 4 is 0 Å². The Hall–Kier alpha value is -1.88. The molecule has 1 aliphatic rings. The van der Waals surface area contributed by atoms with Crippen molar-refractivity contribution in [3.05, 3.63) is 41.5 Å². The Bertz CT molecular complexity index is 530. The minimum Gasteiger partial charge on any atom is -0.484 e. The van der Waals surface area contributed by atoms with E-state index in [2.05, 4.69) is 15.5 Å². The summed E-state index contributed by atoms with van der Waals surface area (Å²) in [5, 5.41) is 7.31. The van der Waals surface area contributed by atoms with Gasteiger partial charge in [0, 0.05) is 12.5 Å².